The average molecular weight is 296 g/mol. The Bertz CT molecular complexity index is 598. The van der Waals surface area contributed by atoms with Crippen LogP contribution in [-0.2, 0) is 0 Å². The van der Waals surface area contributed by atoms with Gasteiger partial charge >= 0.3 is 5.97 Å². The van der Waals surface area contributed by atoms with Crippen molar-refractivity contribution in [3.8, 4) is 5.75 Å². The van der Waals surface area contributed by atoms with Crippen molar-refractivity contribution in [2.24, 2.45) is 0 Å². The molecule has 2 aromatic heterocycles. The quantitative estimate of drug-likeness (QED) is 0.914. The van der Waals surface area contributed by atoms with Crippen molar-refractivity contribution < 1.29 is 14.6 Å². The summed E-state index contributed by atoms with van der Waals surface area (Å²) >= 11 is 2.46. The van der Waals surface area contributed by atoms with Crippen LogP contribution in [0.5, 0.6) is 5.75 Å². The summed E-state index contributed by atoms with van der Waals surface area (Å²) in [5, 5.41) is 9.69. The predicted octanol–water partition coefficient (Wildman–Crippen LogP) is 3.09. The van der Waals surface area contributed by atoms with Gasteiger partial charge < -0.3 is 9.84 Å². The molecule has 0 aliphatic rings. The van der Waals surface area contributed by atoms with E-state index in [-0.39, 0.29) is 4.88 Å². The van der Waals surface area contributed by atoms with Crippen LogP contribution >= 0.6 is 23.1 Å². The predicted molar refractivity (Wildman–Crippen MR) is 73.3 cm³/mol. The molecule has 7 heteroatoms. The number of rotatable bonds is 5. The van der Waals surface area contributed by atoms with Crippen LogP contribution in [0, 0.1) is 6.92 Å². The number of hydrogen-bond acceptors (Lipinski definition) is 6. The summed E-state index contributed by atoms with van der Waals surface area (Å²) in [6, 6.07) is 3.63. The van der Waals surface area contributed by atoms with E-state index in [1.54, 1.807) is 19.2 Å². The Balaban J connectivity index is 2.26. The maximum absolute atomic E-state index is 11.0. The molecule has 0 unspecified atom stereocenters. The van der Waals surface area contributed by atoms with Crippen molar-refractivity contribution >= 4 is 29.1 Å². The van der Waals surface area contributed by atoms with E-state index in [2.05, 4.69) is 9.97 Å². The minimum absolute atomic E-state index is 0.261. The monoisotopic (exact) mass is 296 g/mol. The molecule has 19 heavy (non-hydrogen) atoms. The molecule has 5 nitrogen and oxygen atoms in total. The van der Waals surface area contributed by atoms with Crippen LogP contribution in [0.1, 0.15) is 22.3 Å². The smallest absolute Gasteiger partial charge is 0.347 e. The molecule has 0 saturated carbocycles. The lowest BCUT2D eigenvalue weighted by Gasteiger charge is -2.06. The maximum Gasteiger partial charge on any atom is 0.347 e. The second-order valence-corrected chi connectivity index (χ2v) is 5.78. The third kappa shape index (κ3) is 3.24. The van der Waals surface area contributed by atoms with Gasteiger partial charge in [-0.15, -0.1) is 0 Å². The van der Waals surface area contributed by atoms with Crippen molar-refractivity contribution in [1.29, 1.82) is 0 Å². The van der Waals surface area contributed by atoms with E-state index in [0.717, 1.165) is 11.3 Å². The molecule has 0 amide bonds. The van der Waals surface area contributed by atoms with Crippen LogP contribution in [0.4, 0.5) is 0 Å². The highest BCUT2D eigenvalue weighted by atomic mass is 32.2. The topological polar surface area (TPSA) is 72.3 Å². The van der Waals surface area contributed by atoms with Crippen LogP contribution in [0.25, 0.3) is 0 Å². The third-order valence-corrected chi connectivity index (χ3v) is 4.40. The molecule has 0 atom stereocenters. The summed E-state index contributed by atoms with van der Waals surface area (Å²) in [5.74, 6) is -0.271. The number of pyridine rings is 1. The van der Waals surface area contributed by atoms with Crippen molar-refractivity contribution in [2.45, 2.75) is 23.2 Å². The van der Waals surface area contributed by atoms with Gasteiger partial charge in [-0.25, -0.2) is 14.8 Å². The number of carbonyl (C=O) groups is 1. The molecule has 0 fully saturated rings. The minimum Gasteiger partial charge on any atom is -0.491 e. The van der Waals surface area contributed by atoms with Gasteiger partial charge in [0.15, 0.2) is 10.1 Å². The van der Waals surface area contributed by atoms with Crippen LogP contribution in [0.15, 0.2) is 27.7 Å². The van der Waals surface area contributed by atoms with Gasteiger partial charge in [-0.05, 0) is 37.7 Å². The number of aromatic nitrogens is 2. The second-order valence-electron chi connectivity index (χ2n) is 3.54. The zero-order valence-electron chi connectivity index (χ0n) is 10.4. The Morgan fingerprint density at radius 3 is 3.00 bits per heavy atom. The van der Waals surface area contributed by atoms with E-state index in [4.69, 9.17) is 9.84 Å². The first kappa shape index (κ1) is 13.8. The molecule has 0 aliphatic heterocycles. The van der Waals surface area contributed by atoms with Gasteiger partial charge in [-0.2, -0.15) is 0 Å². The highest BCUT2D eigenvalue weighted by molar-refractivity contribution is 8.01. The zero-order chi connectivity index (χ0) is 13.8. The number of aromatic carboxylic acids is 1. The molecule has 0 saturated heterocycles. The van der Waals surface area contributed by atoms with E-state index in [9.17, 15) is 4.79 Å². The van der Waals surface area contributed by atoms with Gasteiger partial charge in [0.1, 0.15) is 9.90 Å². The van der Waals surface area contributed by atoms with Gasteiger partial charge in [0.25, 0.3) is 0 Å². The molecule has 100 valence electrons. The Labute approximate surface area is 118 Å². The Morgan fingerprint density at radius 1 is 1.58 bits per heavy atom. The summed E-state index contributed by atoms with van der Waals surface area (Å²) < 4.78 is 6.12. The van der Waals surface area contributed by atoms with Gasteiger partial charge in [-0.3, -0.25) is 0 Å². The molecule has 1 N–H and O–H groups in total. The summed E-state index contributed by atoms with van der Waals surface area (Å²) in [4.78, 5) is 19.7. The van der Waals surface area contributed by atoms with E-state index in [1.165, 1.54) is 11.8 Å². The van der Waals surface area contributed by atoms with Crippen LogP contribution < -0.4 is 4.74 Å². The number of thiazole rings is 1. The Morgan fingerprint density at radius 2 is 2.37 bits per heavy atom. The number of hydrogen-bond donors (Lipinski definition) is 1. The van der Waals surface area contributed by atoms with Crippen LogP contribution in [-0.4, -0.2) is 27.7 Å². The van der Waals surface area contributed by atoms with E-state index in [0.29, 0.717) is 27.4 Å². The summed E-state index contributed by atoms with van der Waals surface area (Å²) in [6.45, 7) is 4.14. The fourth-order valence-corrected chi connectivity index (χ4v) is 3.39. The van der Waals surface area contributed by atoms with E-state index >= 15 is 0 Å². The molecule has 0 aliphatic carbocycles. The Kier molecular flexibility index (Phi) is 4.39. The maximum atomic E-state index is 11.0. The van der Waals surface area contributed by atoms with E-state index < -0.39 is 5.97 Å². The molecule has 0 bridgehead atoms. The molecule has 2 rings (SSSR count). The SMILES string of the molecule is CCOc1cccnc1Sc1nc(C)c(C(=O)O)s1. The molecule has 0 aromatic carbocycles. The standard InChI is InChI=1S/C12H12N2O3S2/c1-3-17-8-5-4-6-13-10(8)19-12-14-7(2)9(18-12)11(15)16/h4-6H,3H2,1-2H3,(H,15,16). The summed E-state index contributed by atoms with van der Waals surface area (Å²) in [6.07, 6.45) is 1.67. The normalized spacial score (nSPS) is 10.4. The van der Waals surface area contributed by atoms with Gasteiger partial charge in [0.05, 0.1) is 12.3 Å². The molecule has 0 radical (unpaired) electrons. The molecule has 0 spiro atoms. The van der Waals surface area contributed by atoms with Crippen molar-refractivity contribution in [3.05, 3.63) is 28.9 Å². The van der Waals surface area contributed by atoms with Crippen molar-refractivity contribution in [1.82, 2.24) is 9.97 Å². The zero-order valence-corrected chi connectivity index (χ0v) is 12.0. The number of aryl methyl sites for hydroxylation is 1. The Hall–Kier alpha value is -1.60. The van der Waals surface area contributed by atoms with Crippen molar-refractivity contribution in [2.75, 3.05) is 6.61 Å². The second kappa shape index (κ2) is 6.03. The first-order valence-corrected chi connectivity index (χ1v) is 7.21. The number of nitrogens with zero attached hydrogens (tertiary/aromatic N) is 2. The van der Waals surface area contributed by atoms with Gasteiger partial charge in [0, 0.05) is 6.20 Å². The lowest BCUT2D eigenvalue weighted by molar-refractivity contribution is 0.0701. The summed E-state index contributed by atoms with van der Waals surface area (Å²) in [7, 11) is 0. The lowest BCUT2D eigenvalue weighted by Crippen LogP contribution is -1.94. The first-order chi connectivity index (χ1) is 9.11. The van der Waals surface area contributed by atoms with Crippen molar-refractivity contribution in [3.63, 3.8) is 0 Å². The molecular formula is C12H12N2O3S2. The number of ether oxygens (including phenoxy) is 1. The first-order valence-electron chi connectivity index (χ1n) is 5.58. The fourth-order valence-electron chi connectivity index (χ4n) is 1.41. The largest absolute Gasteiger partial charge is 0.491 e. The average Bonchev–Trinajstić information content (AvgIpc) is 2.73. The van der Waals surface area contributed by atoms with Crippen LogP contribution in [0.3, 0.4) is 0 Å². The summed E-state index contributed by atoms with van der Waals surface area (Å²) in [5.41, 5.74) is 0.522. The molecule has 2 aromatic rings. The molecule has 2 heterocycles. The highest BCUT2D eigenvalue weighted by Gasteiger charge is 2.16. The van der Waals surface area contributed by atoms with E-state index in [1.807, 2.05) is 13.0 Å². The number of carboxylic acids is 1. The number of carboxylic acid groups (broad SMARTS) is 1. The fraction of sp³-hybridized carbons (Fsp3) is 0.250. The minimum atomic E-state index is -0.951. The van der Waals surface area contributed by atoms with Gasteiger partial charge in [-0.1, -0.05) is 11.3 Å². The van der Waals surface area contributed by atoms with Gasteiger partial charge in [0.2, 0.25) is 0 Å². The van der Waals surface area contributed by atoms with Crippen LogP contribution in [0.2, 0.25) is 0 Å². The lowest BCUT2D eigenvalue weighted by atomic mass is 10.4. The molecular weight excluding hydrogens is 284 g/mol. The highest BCUT2D eigenvalue weighted by Crippen LogP contribution is 2.36. The third-order valence-electron chi connectivity index (χ3n) is 2.19.